The number of rotatable bonds is 6. The summed E-state index contributed by atoms with van der Waals surface area (Å²) in [7, 11) is -1.13. The fourth-order valence-electron chi connectivity index (χ4n) is 3.30. The molecule has 0 unspecified atom stereocenters. The smallest absolute Gasteiger partial charge is 0.270 e. The number of hydrogen-bond donors (Lipinski definition) is 2. The molecule has 0 radical (unpaired) electrons. The molecule has 7 nitrogen and oxygen atoms in total. The summed E-state index contributed by atoms with van der Waals surface area (Å²) in [6.45, 7) is 1.65. The molecule has 2 aromatic carbocycles. The minimum absolute atomic E-state index is 0.00527. The van der Waals surface area contributed by atoms with Gasteiger partial charge in [-0.1, -0.05) is 47.5 Å². The van der Waals surface area contributed by atoms with Gasteiger partial charge in [0.1, 0.15) is 16.3 Å². The largest absolute Gasteiger partial charge is 0.354 e. The summed E-state index contributed by atoms with van der Waals surface area (Å²) in [5.74, 6) is -1.14. The highest BCUT2D eigenvalue weighted by Gasteiger charge is 2.33. The van der Waals surface area contributed by atoms with Crippen LogP contribution in [-0.2, 0) is 16.4 Å². The van der Waals surface area contributed by atoms with Crippen molar-refractivity contribution >= 4 is 44.9 Å². The van der Waals surface area contributed by atoms with Gasteiger partial charge in [-0.2, -0.15) is 0 Å². The maximum atomic E-state index is 13.3. The molecule has 1 heterocycles. The Balaban J connectivity index is 2.06. The van der Waals surface area contributed by atoms with E-state index < -0.39 is 21.7 Å². The van der Waals surface area contributed by atoms with Gasteiger partial charge in [0.2, 0.25) is 9.84 Å². The normalized spacial score (nSPS) is 11.3. The number of hydrogen-bond acceptors (Lipinski definition) is 4. The number of halogens is 2. The van der Waals surface area contributed by atoms with Gasteiger partial charge >= 0.3 is 0 Å². The Morgan fingerprint density at radius 2 is 1.72 bits per heavy atom. The summed E-state index contributed by atoms with van der Waals surface area (Å²) in [5.41, 5.74) is 0.632. The first kappa shape index (κ1) is 23.8. The highest BCUT2D eigenvalue weighted by atomic mass is 35.5. The summed E-state index contributed by atoms with van der Waals surface area (Å²) < 4.78 is 26.6. The minimum Gasteiger partial charge on any atom is -0.354 e. The molecule has 0 atom stereocenters. The van der Waals surface area contributed by atoms with E-state index in [1.54, 1.807) is 43.4 Å². The van der Waals surface area contributed by atoms with Gasteiger partial charge in [0, 0.05) is 30.7 Å². The third-order valence-electron chi connectivity index (χ3n) is 4.95. The maximum absolute atomic E-state index is 13.3. The van der Waals surface area contributed by atoms with E-state index in [-0.39, 0.29) is 33.3 Å². The first-order valence-corrected chi connectivity index (χ1v) is 11.8. The zero-order chi connectivity index (χ0) is 23.6. The molecule has 10 heteroatoms. The first-order chi connectivity index (χ1) is 15.1. The summed E-state index contributed by atoms with van der Waals surface area (Å²) in [6, 6.07) is 12.7. The highest BCUT2D eigenvalue weighted by Crippen LogP contribution is 2.30. The molecule has 0 aliphatic heterocycles. The van der Waals surface area contributed by atoms with E-state index in [1.807, 2.05) is 0 Å². The molecule has 2 N–H and O–H groups in total. The van der Waals surface area contributed by atoms with Gasteiger partial charge in [0.15, 0.2) is 0 Å². The number of aromatic amines is 1. The van der Waals surface area contributed by atoms with E-state index in [9.17, 15) is 18.0 Å². The third-order valence-corrected chi connectivity index (χ3v) is 7.48. The number of benzene rings is 2. The number of nitrogens with one attached hydrogen (secondary N) is 2. The van der Waals surface area contributed by atoms with Crippen LogP contribution in [0.25, 0.3) is 0 Å². The molecule has 1 aromatic heterocycles. The topological polar surface area (TPSA) is 99.3 Å². The molecule has 0 saturated carbocycles. The zero-order valence-electron chi connectivity index (χ0n) is 17.6. The average Bonchev–Trinajstić information content (AvgIpc) is 3.12. The molecule has 2 amide bonds. The van der Waals surface area contributed by atoms with Crippen LogP contribution in [0, 0.1) is 6.92 Å². The number of amides is 2. The number of carbonyl (C=O) groups is 2. The van der Waals surface area contributed by atoms with Crippen LogP contribution in [0.1, 0.15) is 32.1 Å². The average molecular weight is 494 g/mol. The van der Waals surface area contributed by atoms with Crippen LogP contribution in [0.3, 0.4) is 0 Å². The zero-order valence-corrected chi connectivity index (χ0v) is 19.9. The van der Waals surface area contributed by atoms with E-state index in [0.717, 1.165) is 0 Å². The molecule has 0 spiro atoms. The Morgan fingerprint density at radius 1 is 1.06 bits per heavy atom. The lowest BCUT2D eigenvalue weighted by molar-refractivity contribution is 0.0779. The van der Waals surface area contributed by atoms with Gasteiger partial charge in [0.25, 0.3) is 11.8 Å². The molecular weight excluding hydrogens is 473 g/mol. The van der Waals surface area contributed by atoms with Crippen molar-refractivity contribution in [2.75, 3.05) is 14.1 Å². The van der Waals surface area contributed by atoms with Crippen molar-refractivity contribution in [3.8, 4) is 0 Å². The van der Waals surface area contributed by atoms with Crippen molar-refractivity contribution in [2.45, 2.75) is 23.3 Å². The van der Waals surface area contributed by atoms with E-state index in [1.165, 1.54) is 31.0 Å². The Bertz CT molecular complexity index is 1290. The fraction of sp³-hybridized carbons (Fsp3) is 0.182. The summed E-state index contributed by atoms with van der Waals surface area (Å²) in [4.78, 5) is 29.6. The number of carbonyl (C=O) groups excluding carboxylic acids is 2. The molecule has 0 bridgehead atoms. The number of aromatic nitrogens is 1. The van der Waals surface area contributed by atoms with Crippen LogP contribution >= 0.6 is 23.2 Å². The number of H-pyrrole nitrogens is 1. The monoisotopic (exact) mass is 493 g/mol. The van der Waals surface area contributed by atoms with Crippen LogP contribution in [0.4, 0.5) is 0 Å². The predicted octanol–water partition coefficient (Wildman–Crippen LogP) is 4.09. The second kappa shape index (κ2) is 9.36. The van der Waals surface area contributed by atoms with E-state index in [4.69, 9.17) is 23.2 Å². The Hall–Kier alpha value is -2.81. The molecule has 32 heavy (non-hydrogen) atoms. The molecule has 168 valence electrons. The molecule has 0 saturated heterocycles. The van der Waals surface area contributed by atoms with Gasteiger partial charge in [-0.15, -0.1) is 0 Å². The van der Waals surface area contributed by atoms with Gasteiger partial charge < -0.3 is 15.2 Å². The third kappa shape index (κ3) is 4.53. The predicted molar refractivity (Wildman–Crippen MR) is 123 cm³/mol. The summed E-state index contributed by atoms with van der Waals surface area (Å²) in [5, 5.41) is 3.29. The molecule has 0 aliphatic rings. The molecular formula is C22H21Cl2N3O4S. The summed E-state index contributed by atoms with van der Waals surface area (Å²) in [6.07, 6.45) is 0. The van der Waals surface area contributed by atoms with E-state index in [0.29, 0.717) is 15.6 Å². The second-order valence-corrected chi connectivity index (χ2v) is 9.85. The minimum atomic E-state index is -4.06. The Kier molecular flexibility index (Phi) is 6.97. The number of nitrogens with zero attached hydrogens (tertiary/aromatic N) is 1. The van der Waals surface area contributed by atoms with E-state index >= 15 is 0 Å². The molecule has 3 aromatic rings. The summed E-state index contributed by atoms with van der Waals surface area (Å²) >= 11 is 12.1. The van der Waals surface area contributed by atoms with Gasteiger partial charge in [0.05, 0.1) is 4.90 Å². The van der Waals surface area contributed by atoms with Crippen LogP contribution < -0.4 is 5.32 Å². The molecule has 0 fully saturated rings. The maximum Gasteiger partial charge on any atom is 0.270 e. The molecule has 0 aliphatic carbocycles. The van der Waals surface area contributed by atoms with Crippen molar-refractivity contribution in [1.29, 1.82) is 0 Å². The SMILES string of the molecule is CNC(=O)c1[nH]c(C(=O)N(C)Cc2ccc(Cl)cc2Cl)c(C)c1S(=O)(=O)c1ccccc1. The molecule has 3 rings (SSSR count). The van der Waals surface area contributed by atoms with E-state index in [2.05, 4.69) is 10.3 Å². The Labute approximate surface area is 196 Å². The Morgan fingerprint density at radius 3 is 2.31 bits per heavy atom. The van der Waals surface area contributed by atoms with Crippen molar-refractivity contribution in [1.82, 2.24) is 15.2 Å². The quantitative estimate of drug-likeness (QED) is 0.539. The van der Waals surface area contributed by atoms with Crippen LogP contribution in [0.5, 0.6) is 0 Å². The lowest BCUT2D eigenvalue weighted by atomic mass is 10.2. The van der Waals surface area contributed by atoms with Gasteiger partial charge in [-0.3, -0.25) is 9.59 Å². The van der Waals surface area contributed by atoms with Crippen molar-refractivity contribution in [3.05, 3.63) is 81.1 Å². The second-order valence-electron chi connectivity index (χ2n) is 7.12. The standard InChI is InChI=1S/C22H21Cl2N3O4S/c1-13-18(22(29)27(3)12-14-9-10-15(23)11-17(14)24)26-19(21(28)25-2)20(13)32(30,31)16-7-5-4-6-8-16/h4-11,26H,12H2,1-3H3,(H,25,28). The lowest BCUT2D eigenvalue weighted by Crippen LogP contribution is -2.27. The van der Waals surface area contributed by atoms with Gasteiger partial charge in [-0.05, 0) is 42.3 Å². The lowest BCUT2D eigenvalue weighted by Gasteiger charge is -2.18. The van der Waals surface area contributed by atoms with Crippen molar-refractivity contribution in [3.63, 3.8) is 0 Å². The number of sulfone groups is 1. The van der Waals surface area contributed by atoms with Crippen LogP contribution in [0.15, 0.2) is 58.3 Å². The van der Waals surface area contributed by atoms with Crippen LogP contribution in [-0.4, -0.2) is 44.2 Å². The van der Waals surface area contributed by atoms with Crippen molar-refractivity contribution in [2.24, 2.45) is 0 Å². The highest BCUT2D eigenvalue weighted by molar-refractivity contribution is 7.91. The van der Waals surface area contributed by atoms with Gasteiger partial charge in [-0.25, -0.2) is 8.42 Å². The first-order valence-electron chi connectivity index (χ1n) is 9.52. The van der Waals surface area contributed by atoms with Crippen LogP contribution in [0.2, 0.25) is 10.0 Å². The van der Waals surface area contributed by atoms with Crippen molar-refractivity contribution < 1.29 is 18.0 Å². The fourth-order valence-corrected chi connectivity index (χ4v) is 5.43.